The van der Waals surface area contributed by atoms with Gasteiger partial charge >= 0.3 is 0 Å². The van der Waals surface area contributed by atoms with E-state index in [9.17, 15) is 9.59 Å². The molecule has 1 aliphatic carbocycles. The molecule has 0 aliphatic heterocycles. The van der Waals surface area contributed by atoms with E-state index in [-0.39, 0.29) is 11.6 Å². The third-order valence-electron chi connectivity index (χ3n) is 3.34. The number of H-pyrrole nitrogens is 1. The minimum absolute atomic E-state index is 0.155. The lowest BCUT2D eigenvalue weighted by Crippen LogP contribution is -2.17. The number of carbonyl (C=O) groups is 2. The number of carbonyl (C=O) groups excluding carboxylic acids is 2. The number of Topliss-reactive ketones (excluding diaryl/α,β-unsaturated/α-hetero) is 1. The summed E-state index contributed by atoms with van der Waals surface area (Å²) in [6.07, 6.45) is 6.82. The summed E-state index contributed by atoms with van der Waals surface area (Å²) in [6, 6.07) is 3.51. The molecule has 0 bridgehead atoms. The number of aromatic amines is 1. The lowest BCUT2D eigenvalue weighted by atomic mass is 9.88. The van der Waals surface area contributed by atoms with Crippen molar-refractivity contribution in [1.82, 2.24) is 9.97 Å². The van der Waals surface area contributed by atoms with Gasteiger partial charge in [-0.25, -0.2) is 0 Å². The summed E-state index contributed by atoms with van der Waals surface area (Å²) in [6.45, 7) is 0.428. The third kappa shape index (κ3) is 1.88. The van der Waals surface area contributed by atoms with Gasteiger partial charge in [0, 0.05) is 29.7 Å². The van der Waals surface area contributed by atoms with Crippen LogP contribution in [0.1, 0.15) is 32.0 Å². The van der Waals surface area contributed by atoms with Gasteiger partial charge in [0.05, 0.1) is 11.3 Å². The average molecular weight is 267 g/mol. The lowest BCUT2D eigenvalue weighted by Gasteiger charge is -2.13. The predicted octanol–water partition coefficient (Wildman–Crippen LogP) is 1.37. The fourth-order valence-corrected chi connectivity index (χ4v) is 2.41. The smallest absolute Gasteiger partial charge is 0.203 e. The molecule has 5 heteroatoms. The number of nitrogens with two attached hydrogens (primary N) is 1. The Hall–Kier alpha value is -2.53. The first-order valence-corrected chi connectivity index (χ1v) is 6.34. The van der Waals surface area contributed by atoms with Gasteiger partial charge in [-0.05, 0) is 30.7 Å². The maximum Gasteiger partial charge on any atom is 0.203 e. The summed E-state index contributed by atoms with van der Waals surface area (Å²) >= 11 is 0. The number of aromatic nitrogens is 2. The van der Waals surface area contributed by atoms with Gasteiger partial charge in [0.1, 0.15) is 0 Å². The second-order valence-electron chi connectivity index (χ2n) is 4.60. The van der Waals surface area contributed by atoms with Crippen LogP contribution in [0.3, 0.4) is 0 Å². The summed E-state index contributed by atoms with van der Waals surface area (Å²) in [7, 11) is 0. The number of hydrogen-bond donors (Lipinski definition) is 2. The van der Waals surface area contributed by atoms with Crippen LogP contribution in [0, 0.1) is 0 Å². The maximum absolute atomic E-state index is 12.6. The molecule has 5 nitrogen and oxygen atoms in total. The Morgan fingerprint density at radius 1 is 1.30 bits per heavy atom. The Bertz CT molecular complexity index is 714. The van der Waals surface area contributed by atoms with E-state index in [0.717, 1.165) is 5.56 Å². The van der Waals surface area contributed by atoms with Gasteiger partial charge < -0.3 is 10.7 Å². The zero-order valence-corrected chi connectivity index (χ0v) is 10.7. The number of nitrogens with zero attached hydrogens (tertiary/aromatic N) is 1. The van der Waals surface area contributed by atoms with E-state index in [1.165, 1.54) is 6.08 Å². The zero-order chi connectivity index (χ0) is 14.1. The van der Waals surface area contributed by atoms with Gasteiger partial charge in [-0.3, -0.25) is 14.6 Å². The van der Waals surface area contributed by atoms with Crippen LogP contribution in [-0.2, 0) is 6.42 Å². The van der Waals surface area contributed by atoms with Gasteiger partial charge in [0.15, 0.2) is 5.78 Å². The second kappa shape index (κ2) is 4.86. The van der Waals surface area contributed by atoms with Crippen molar-refractivity contribution in [3.8, 4) is 0 Å². The molecule has 0 saturated heterocycles. The number of hydrogen-bond acceptors (Lipinski definition) is 4. The van der Waals surface area contributed by atoms with E-state index in [1.54, 1.807) is 30.7 Å². The summed E-state index contributed by atoms with van der Waals surface area (Å²) in [5, 5.41) is 0. The highest BCUT2D eigenvalue weighted by Gasteiger charge is 2.30. The first-order chi connectivity index (χ1) is 9.72. The highest BCUT2D eigenvalue weighted by atomic mass is 16.1. The molecule has 2 aromatic rings. The van der Waals surface area contributed by atoms with Crippen LogP contribution in [0.4, 0.5) is 0 Å². The minimum atomic E-state index is -0.193. The van der Waals surface area contributed by atoms with E-state index in [2.05, 4.69) is 9.97 Å². The molecule has 0 aromatic carbocycles. The van der Waals surface area contributed by atoms with Crippen LogP contribution in [0.25, 0.3) is 5.57 Å². The Kier molecular flexibility index (Phi) is 3.04. The SMILES string of the molecule is NCCc1c[nH]c2c1C(=O)C(c1cccnc1)=CC2=O. The van der Waals surface area contributed by atoms with Crippen molar-refractivity contribution >= 4 is 17.1 Å². The summed E-state index contributed by atoms with van der Waals surface area (Å²) < 4.78 is 0. The van der Waals surface area contributed by atoms with E-state index in [4.69, 9.17) is 5.73 Å². The molecule has 20 heavy (non-hydrogen) atoms. The van der Waals surface area contributed by atoms with Crippen molar-refractivity contribution in [2.45, 2.75) is 6.42 Å². The lowest BCUT2D eigenvalue weighted by molar-refractivity contribution is 0.0998. The highest BCUT2D eigenvalue weighted by molar-refractivity contribution is 6.38. The predicted molar refractivity (Wildman–Crippen MR) is 74.4 cm³/mol. The van der Waals surface area contributed by atoms with E-state index < -0.39 is 0 Å². The molecule has 0 amide bonds. The van der Waals surface area contributed by atoms with Crippen molar-refractivity contribution in [2.75, 3.05) is 6.54 Å². The fraction of sp³-hybridized carbons (Fsp3) is 0.133. The number of allylic oxidation sites excluding steroid dienone is 2. The quantitative estimate of drug-likeness (QED) is 0.879. The number of nitrogens with one attached hydrogen (secondary N) is 1. The summed E-state index contributed by atoms with van der Waals surface area (Å²) in [5.74, 6) is -0.348. The van der Waals surface area contributed by atoms with E-state index >= 15 is 0 Å². The molecule has 0 atom stereocenters. The maximum atomic E-state index is 12.6. The molecule has 3 N–H and O–H groups in total. The number of rotatable bonds is 3. The van der Waals surface area contributed by atoms with Gasteiger partial charge in [-0.1, -0.05) is 6.07 Å². The van der Waals surface area contributed by atoms with Crippen molar-refractivity contribution in [3.05, 3.63) is 59.2 Å². The Morgan fingerprint density at radius 3 is 2.85 bits per heavy atom. The first-order valence-electron chi connectivity index (χ1n) is 6.34. The van der Waals surface area contributed by atoms with Crippen LogP contribution in [-0.4, -0.2) is 28.1 Å². The molecule has 0 unspecified atom stereocenters. The normalized spacial score (nSPS) is 14.2. The minimum Gasteiger partial charge on any atom is -0.358 e. The topological polar surface area (TPSA) is 88.8 Å². The second-order valence-corrected chi connectivity index (χ2v) is 4.60. The Balaban J connectivity index is 2.11. The third-order valence-corrected chi connectivity index (χ3v) is 3.34. The Labute approximate surface area is 115 Å². The molecule has 3 rings (SSSR count). The average Bonchev–Trinajstić information content (AvgIpc) is 2.89. The first kappa shape index (κ1) is 12.5. The van der Waals surface area contributed by atoms with Crippen LogP contribution in [0.2, 0.25) is 0 Å². The molecular weight excluding hydrogens is 254 g/mol. The van der Waals surface area contributed by atoms with Gasteiger partial charge in [-0.15, -0.1) is 0 Å². The highest BCUT2D eigenvalue weighted by Crippen LogP contribution is 2.29. The largest absolute Gasteiger partial charge is 0.358 e. The Morgan fingerprint density at radius 2 is 2.15 bits per heavy atom. The fourth-order valence-electron chi connectivity index (χ4n) is 2.41. The standard InChI is InChI=1S/C15H13N3O2/c16-4-3-10-8-18-14-12(19)6-11(15(20)13(10)14)9-2-1-5-17-7-9/h1-2,5-8,18H,3-4,16H2. The molecule has 0 spiro atoms. The van der Waals surface area contributed by atoms with Gasteiger partial charge in [0.25, 0.3) is 0 Å². The molecule has 1 aliphatic rings. The van der Waals surface area contributed by atoms with Crippen molar-refractivity contribution in [2.24, 2.45) is 5.73 Å². The molecule has 2 aromatic heterocycles. The van der Waals surface area contributed by atoms with Crippen LogP contribution in [0.5, 0.6) is 0 Å². The molecule has 0 radical (unpaired) electrons. The van der Waals surface area contributed by atoms with Crippen LogP contribution >= 0.6 is 0 Å². The summed E-state index contributed by atoms with van der Waals surface area (Å²) in [5.41, 5.74) is 8.16. The monoisotopic (exact) mass is 267 g/mol. The molecule has 100 valence electrons. The zero-order valence-electron chi connectivity index (χ0n) is 10.7. The van der Waals surface area contributed by atoms with Crippen molar-refractivity contribution in [1.29, 1.82) is 0 Å². The summed E-state index contributed by atoms with van der Waals surface area (Å²) in [4.78, 5) is 31.6. The number of pyridine rings is 1. The molecule has 0 saturated carbocycles. The van der Waals surface area contributed by atoms with Crippen LogP contribution in [0.15, 0.2) is 36.8 Å². The molecule has 2 heterocycles. The number of ketones is 2. The van der Waals surface area contributed by atoms with Crippen molar-refractivity contribution in [3.63, 3.8) is 0 Å². The number of fused-ring (bicyclic) bond motifs is 1. The van der Waals surface area contributed by atoms with Gasteiger partial charge in [-0.2, -0.15) is 0 Å². The van der Waals surface area contributed by atoms with Crippen molar-refractivity contribution < 1.29 is 9.59 Å². The molecule has 0 fully saturated rings. The van der Waals surface area contributed by atoms with E-state index in [1.807, 2.05) is 0 Å². The van der Waals surface area contributed by atoms with Gasteiger partial charge in [0.2, 0.25) is 5.78 Å². The van der Waals surface area contributed by atoms with E-state index in [0.29, 0.717) is 35.4 Å². The van der Waals surface area contributed by atoms with Crippen LogP contribution < -0.4 is 5.73 Å². The molecular formula is C15H13N3O2.